The number of aliphatic carboxylic acids is 2. The van der Waals surface area contributed by atoms with Gasteiger partial charge in [-0.25, -0.2) is 0 Å². The lowest BCUT2D eigenvalue weighted by Crippen LogP contribution is -2.50. The van der Waals surface area contributed by atoms with Gasteiger partial charge in [0.2, 0.25) is 11.8 Å². The van der Waals surface area contributed by atoms with E-state index in [1.165, 1.54) is 0 Å². The molecular weight excluding hydrogens is 474 g/mol. The molecule has 0 spiro atoms. The SMILES string of the molecule is CC(C)OC(=O)CC(SCC(NC(=O)CCC(N)C(=O)O)C(=O)NCC(=O)O)C(=O)OC(C)C. The molecule has 0 aliphatic heterocycles. The van der Waals surface area contributed by atoms with Gasteiger partial charge in [-0.3, -0.25) is 28.8 Å². The van der Waals surface area contributed by atoms with Crippen LogP contribution in [0.4, 0.5) is 0 Å². The summed E-state index contributed by atoms with van der Waals surface area (Å²) in [7, 11) is 0. The van der Waals surface area contributed by atoms with Crippen molar-refractivity contribution in [1.29, 1.82) is 0 Å². The molecule has 0 aromatic rings. The molecule has 0 bridgehead atoms. The Balaban J connectivity index is 5.37. The van der Waals surface area contributed by atoms with Crippen LogP contribution in [0.2, 0.25) is 0 Å². The molecule has 2 amide bonds. The zero-order valence-corrected chi connectivity index (χ0v) is 20.4. The second kappa shape index (κ2) is 15.9. The Morgan fingerprint density at radius 2 is 1.56 bits per heavy atom. The van der Waals surface area contributed by atoms with E-state index < -0.39 is 71.8 Å². The van der Waals surface area contributed by atoms with Crippen LogP contribution in [-0.4, -0.2) is 87.7 Å². The van der Waals surface area contributed by atoms with Crippen molar-refractivity contribution in [2.45, 2.75) is 76.5 Å². The van der Waals surface area contributed by atoms with Crippen molar-refractivity contribution < 1.29 is 48.5 Å². The highest BCUT2D eigenvalue weighted by molar-refractivity contribution is 8.00. The summed E-state index contributed by atoms with van der Waals surface area (Å²) in [6.45, 7) is 5.81. The molecule has 0 saturated carbocycles. The van der Waals surface area contributed by atoms with Gasteiger partial charge in [0.25, 0.3) is 0 Å². The third-order valence-corrected chi connectivity index (χ3v) is 5.15. The van der Waals surface area contributed by atoms with Gasteiger partial charge in [0.1, 0.15) is 23.9 Å². The topological polar surface area (TPSA) is 211 Å². The Kier molecular flexibility index (Phi) is 14.5. The molecule has 0 aliphatic carbocycles. The van der Waals surface area contributed by atoms with Gasteiger partial charge in [-0.2, -0.15) is 0 Å². The van der Waals surface area contributed by atoms with Crippen molar-refractivity contribution in [1.82, 2.24) is 10.6 Å². The normalized spacial score (nSPS) is 13.5. The fourth-order valence-electron chi connectivity index (χ4n) is 2.34. The number of ether oxygens (including phenoxy) is 2. The summed E-state index contributed by atoms with van der Waals surface area (Å²) in [5.41, 5.74) is 5.37. The summed E-state index contributed by atoms with van der Waals surface area (Å²) in [5.74, 6) is -5.74. The van der Waals surface area contributed by atoms with Gasteiger partial charge >= 0.3 is 23.9 Å². The molecule has 13 nitrogen and oxygen atoms in total. The van der Waals surface area contributed by atoms with Crippen LogP contribution in [0.5, 0.6) is 0 Å². The van der Waals surface area contributed by atoms with E-state index >= 15 is 0 Å². The third kappa shape index (κ3) is 14.3. The quantitative estimate of drug-likeness (QED) is 0.163. The number of hydrogen-bond acceptors (Lipinski definition) is 10. The minimum absolute atomic E-state index is 0.192. The first kappa shape index (κ1) is 31.1. The van der Waals surface area contributed by atoms with Gasteiger partial charge in [-0.15, -0.1) is 11.8 Å². The number of hydrogen-bond donors (Lipinski definition) is 5. The van der Waals surface area contributed by atoms with Crippen LogP contribution in [-0.2, 0) is 38.2 Å². The zero-order valence-electron chi connectivity index (χ0n) is 19.6. The Bertz CT molecular complexity index is 744. The maximum absolute atomic E-state index is 12.4. The third-order valence-electron chi connectivity index (χ3n) is 3.86. The fourth-order valence-corrected chi connectivity index (χ4v) is 3.44. The predicted molar refractivity (Wildman–Crippen MR) is 121 cm³/mol. The highest BCUT2D eigenvalue weighted by atomic mass is 32.2. The monoisotopic (exact) mass is 507 g/mol. The molecule has 0 aromatic carbocycles. The Hall–Kier alpha value is -2.87. The van der Waals surface area contributed by atoms with Crippen LogP contribution < -0.4 is 16.4 Å². The molecule has 3 atom stereocenters. The van der Waals surface area contributed by atoms with E-state index in [-0.39, 0.29) is 25.0 Å². The van der Waals surface area contributed by atoms with Gasteiger partial charge in [0.05, 0.1) is 18.6 Å². The number of amides is 2. The van der Waals surface area contributed by atoms with Crippen molar-refractivity contribution in [3.05, 3.63) is 0 Å². The van der Waals surface area contributed by atoms with E-state index in [2.05, 4.69) is 10.6 Å². The second-order valence-electron chi connectivity index (χ2n) is 7.77. The summed E-state index contributed by atoms with van der Waals surface area (Å²) in [5, 5.41) is 21.0. The molecule has 14 heteroatoms. The first-order valence-electron chi connectivity index (χ1n) is 10.5. The Labute approximate surface area is 201 Å². The van der Waals surface area contributed by atoms with Gasteiger partial charge < -0.3 is 36.1 Å². The molecule has 0 fully saturated rings. The van der Waals surface area contributed by atoms with Crippen LogP contribution in [0.3, 0.4) is 0 Å². The van der Waals surface area contributed by atoms with Gasteiger partial charge in [0, 0.05) is 12.2 Å². The minimum Gasteiger partial charge on any atom is -0.480 e. The average molecular weight is 508 g/mol. The van der Waals surface area contributed by atoms with E-state index in [0.717, 1.165) is 11.8 Å². The molecule has 194 valence electrons. The Morgan fingerprint density at radius 1 is 0.971 bits per heavy atom. The molecule has 0 saturated heterocycles. The largest absolute Gasteiger partial charge is 0.480 e. The maximum Gasteiger partial charge on any atom is 0.322 e. The molecule has 0 aromatic heterocycles. The average Bonchev–Trinajstić information content (AvgIpc) is 2.70. The van der Waals surface area contributed by atoms with Gasteiger partial charge in [0.15, 0.2) is 0 Å². The smallest absolute Gasteiger partial charge is 0.322 e. The summed E-state index contributed by atoms with van der Waals surface area (Å²) >= 11 is 0.852. The van der Waals surface area contributed by atoms with Crippen molar-refractivity contribution in [2.24, 2.45) is 5.73 Å². The molecule has 34 heavy (non-hydrogen) atoms. The van der Waals surface area contributed by atoms with E-state index in [1.807, 2.05) is 0 Å². The van der Waals surface area contributed by atoms with Crippen molar-refractivity contribution in [3.8, 4) is 0 Å². The molecule has 0 rings (SSSR count). The standard InChI is InChI=1S/C20H33N3O10S/c1-10(2)32-17(27)7-14(20(31)33-11(3)4)34-9-13(18(28)22-8-16(25)26)23-15(24)6-5-12(21)19(29)30/h10-14H,5-9,21H2,1-4H3,(H,22,28)(H,23,24)(H,25,26)(H,29,30). The summed E-state index contributed by atoms with van der Waals surface area (Å²) in [6.07, 6.45) is -1.73. The molecular formula is C20H33N3O10S. The lowest BCUT2D eigenvalue weighted by molar-refractivity contribution is -0.153. The number of nitrogens with one attached hydrogen (secondary N) is 2. The van der Waals surface area contributed by atoms with E-state index in [4.69, 9.17) is 25.4 Å². The molecule has 6 N–H and O–H groups in total. The number of thioether (sulfide) groups is 1. The lowest BCUT2D eigenvalue weighted by Gasteiger charge is -2.22. The molecule has 0 heterocycles. The van der Waals surface area contributed by atoms with Gasteiger partial charge in [-0.1, -0.05) is 0 Å². The van der Waals surface area contributed by atoms with Crippen LogP contribution in [0.1, 0.15) is 47.0 Å². The van der Waals surface area contributed by atoms with E-state index in [9.17, 15) is 28.8 Å². The Morgan fingerprint density at radius 3 is 2.06 bits per heavy atom. The number of nitrogens with two attached hydrogens (primary N) is 1. The van der Waals surface area contributed by atoms with Gasteiger partial charge in [-0.05, 0) is 34.1 Å². The van der Waals surface area contributed by atoms with Crippen LogP contribution in [0, 0.1) is 0 Å². The first-order chi connectivity index (χ1) is 15.7. The number of esters is 2. The fraction of sp³-hybridized carbons (Fsp3) is 0.700. The number of rotatable bonds is 16. The number of carboxylic acids is 2. The maximum atomic E-state index is 12.4. The van der Waals surface area contributed by atoms with Crippen molar-refractivity contribution >= 4 is 47.5 Å². The lowest BCUT2D eigenvalue weighted by atomic mass is 10.1. The van der Waals surface area contributed by atoms with Crippen molar-refractivity contribution in [3.63, 3.8) is 0 Å². The molecule has 0 radical (unpaired) electrons. The zero-order chi connectivity index (χ0) is 26.4. The van der Waals surface area contributed by atoms with Crippen molar-refractivity contribution in [2.75, 3.05) is 12.3 Å². The van der Waals surface area contributed by atoms with E-state index in [0.29, 0.717) is 0 Å². The number of carboxylic acid groups (broad SMARTS) is 2. The first-order valence-corrected chi connectivity index (χ1v) is 11.6. The summed E-state index contributed by atoms with van der Waals surface area (Å²) in [6, 6.07) is -2.56. The summed E-state index contributed by atoms with van der Waals surface area (Å²) < 4.78 is 10.2. The number of carbonyl (C=O) groups is 6. The number of carbonyl (C=O) groups excluding carboxylic acids is 4. The highest BCUT2D eigenvalue weighted by Crippen LogP contribution is 2.20. The van der Waals surface area contributed by atoms with Crippen LogP contribution in [0.25, 0.3) is 0 Å². The minimum atomic E-state index is -1.31. The predicted octanol–water partition coefficient (Wildman–Crippen LogP) is -0.741. The second-order valence-corrected chi connectivity index (χ2v) is 9.00. The highest BCUT2D eigenvalue weighted by Gasteiger charge is 2.30. The van der Waals surface area contributed by atoms with E-state index in [1.54, 1.807) is 27.7 Å². The van der Waals surface area contributed by atoms with Crippen LogP contribution in [0.15, 0.2) is 0 Å². The summed E-state index contributed by atoms with van der Waals surface area (Å²) in [4.78, 5) is 70.7. The molecule has 0 aliphatic rings. The van der Waals surface area contributed by atoms with Crippen LogP contribution >= 0.6 is 11.8 Å². The molecule has 3 unspecified atom stereocenters.